The number of amides is 2. The highest BCUT2D eigenvalue weighted by atomic mass is 32.2. The Bertz CT molecular complexity index is 749. The molecule has 0 aliphatic carbocycles. The molecule has 2 aliphatic heterocycles. The fourth-order valence-electron chi connectivity index (χ4n) is 3.48. The molecule has 3 heterocycles. The molecule has 1 N–H and O–H groups in total. The van der Waals surface area contributed by atoms with Crippen LogP contribution in [0.1, 0.15) is 44.3 Å². The molecule has 10 heteroatoms. The van der Waals surface area contributed by atoms with Gasteiger partial charge in [0.05, 0.1) is 6.26 Å². The van der Waals surface area contributed by atoms with E-state index in [1.165, 1.54) is 10.6 Å². The third-order valence-electron chi connectivity index (χ3n) is 5.14. The Hall–Kier alpha value is -1.68. The number of nitrogens with one attached hydrogen (secondary N) is 1. The molecule has 2 amide bonds. The Kier molecular flexibility index (Phi) is 6.05. The number of likely N-dealkylation sites (tertiary alicyclic amines) is 1. The van der Waals surface area contributed by atoms with Crippen LogP contribution < -0.4 is 5.32 Å². The van der Waals surface area contributed by atoms with Gasteiger partial charge in [-0.2, -0.15) is 4.98 Å². The average molecular weight is 400 g/mol. The van der Waals surface area contributed by atoms with Crippen LogP contribution in [-0.2, 0) is 16.4 Å². The van der Waals surface area contributed by atoms with E-state index in [1.54, 1.807) is 4.90 Å². The number of hydrogen-bond donors (Lipinski definition) is 1. The highest BCUT2D eigenvalue weighted by Crippen LogP contribution is 2.28. The van der Waals surface area contributed by atoms with Gasteiger partial charge in [0.25, 0.3) is 0 Å². The second-order valence-electron chi connectivity index (χ2n) is 8.04. The van der Waals surface area contributed by atoms with Gasteiger partial charge in [-0.15, -0.1) is 0 Å². The number of urea groups is 1. The molecule has 0 atom stereocenters. The minimum Gasteiger partial charge on any atom is -0.339 e. The molecule has 27 heavy (non-hydrogen) atoms. The minimum atomic E-state index is -3.13. The molecular formula is C17H29N5O4S. The van der Waals surface area contributed by atoms with Crippen molar-refractivity contribution in [1.29, 1.82) is 0 Å². The van der Waals surface area contributed by atoms with Crippen molar-refractivity contribution in [1.82, 2.24) is 24.7 Å². The van der Waals surface area contributed by atoms with E-state index in [1.807, 2.05) is 0 Å². The third kappa shape index (κ3) is 5.19. The standard InChI is InChI=1S/C17H29N5O4S/c1-12(2)9-18-17(23)21-10-13(11-21)8-15-19-16(20-26-15)14-4-6-22(7-5-14)27(3,24)25/h12-14H,4-11H2,1-3H3,(H,18,23). The first-order chi connectivity index (χ1) is 12.7. The van der Waals surface area contributed by atoms with Crippen LogP contribution in [0.15, 0.2) is 4.52 Å². The molecule has 1 aromatic heterocycles. The van der Waals surface area contributed by atoms with Gasteiger partial charge in [0.2, 0.25) is 15.9 Å². The van der Waals surface area contributed by atoms with E-state index in [9.17, 15) is 13.2 Å². The van der Waals surface area contributed by atoms with Gasteiger partial charge in [-0.3, -0.25) is 0 Å². The molecule has 3 rings (SSSR count). The lowest BCUT2D eigenvalue weighted by Crippen LogP contribution is -2.54. The summed E-state index contributed by atoms with van der Waals surface area (Å²) in [7, 11) is -3.13. The lowest BCUT2D eigenvalue weighted by Gasteiger charge is -2.38. The quantitative estimate of drug-likeness (QED) is 0.766. The van der Waals surface area contributed by atoms with Crippen molar-refractivity contribution in [2.45, 2.75) is 39.0 Å². The first-order valence-electron chi connectivity index (χ1n) is 9.52. The van der Waals surface area contributed by atoms with Crippen molar-refractivity contribution in [3.05, 3.63) is 11.7 Å². The van der Waals surface area contributed by atoms with Crippen LogP contribution in [0.2, 0.25) is 0 Å². The second-order valence-corrected chi connectivity index (χ2v) is 10.0. The average Bonchev–Trinajstić information content (AvgIpc) is 3.03. The number of sulfonamides is 1. The molecular weight excluding hydrogens is 370 g/mol. The van der Waals surface area contributed by atoms with Crippen molar-refractivity contribution in [2.75, 3.05) is 39.0 Å². The molecule has 2 aliphatic rings. The van der Waals surface area contributed by atoms with E-state index in [0.717, 1.165) is 0 Å². The molecule has 152 valence electrons. The molecule has 2 fully saturated rings. The summed E-state index contributed by atoms with van der Waals surface area (Å²) in [5.74, 6) is 2.19. The molecule has 0 aromatic carbocycles. The van der Waals surface area contributed by atoms with Gasteiger partial charge in [-0.05, 0) is 18.8 Å². The zero-order valence-corrected chi connectivity index (χ0v) is 17.0. The van der Waals surface area contributed by atoms with E-state index in [0.29, 0.717) is 75.5 Å². The van der Waals surface area contributed by atoms with Gasteiger partial charge in [-0.1, -0.05) is 19.0 Å². The first kappa shape index (κ1) is 20.1. The molecule has 0 saturated carbocycles. The first-order valence-corrected chi connectivity index (χ1v) is 11.4. The van der Waals surface area contributed by atoms with Crippen LogP contribution in [0.5, 0.6) is 0 Å². The molecule has 0 spiro atoms. The van der Waals surface area contributed by atoms with Gasteiger partial charge < -0.3 is 14.7 Å². The second kappa shape index (κ2) is 8.14. The van der Waals surface area contributed by atoms with Crippen molar-refractivity contribution in [2.24, 2.45) is 11.8 Å². The summed E-state index contributed by atoms with van der Waals surface area (Å²) >= 11 is 0. The van der Waals surface area contributed by atoms with Gasteiger partial charge in [0, 0.05) is 51.0 Å². The Morgan fingerprint density at radius 3 is 2.56 bits per heavy atom. The Labute approximate surface area is 160 Å². The maximum absolute atomic E-state index is 12.0. The predicted octanol–water partition coefficient (Wildman–Crippen LogP) is 1.05. The zero-order chi connectivity index (χ0) is 19.6. The van der Waals surface area contributed by atoms with E-state index in [2.05, 4.69) is 29.3 Å². The Morgan fingerprint density at radius 2 is 1.96 bits per heavy atom. The highest BCUT2D eigenvalue weighted by Gasteiger charge is 2.33. The van der Waals surface area contributed by atoms with E-state index in [4.69, 9.17) is 4.52 Å². The topological polar surface area (TPSA) is 109 Å². The van der Waals surface area contributed by atoms with Crippen LogP contribution in [0.3, 0.4) is 0 Å². The van der Waals surface area contributed by atoms with Gasteiger partial charge in [0.1, 0.15) is 0 Å². The lowest BCUT2D eigenvalue weighted by molar-refractivity contribution is 0.115. The molecule has 1 aromatic rings. The SMILES string of the molecule is CC(C)CNC(=O)N1CC(Cc2nc(C3CCN(S(C)(=O)=O)CC3)no2)C1. The smallest absolute Gasteiger partial charge is 0.317 e. The fourth-order valence-corrected chi connectivity index (χ4v) is 4.35. The van der Waals surface area contributed by atoms with E-state index >= 15 is 0 Å². The molecule has 0 radical (unpaired) electrons. The summed E-state index contributed by atoms with van der Waals surface area (Å²) in [4.78, 5) is 18.3. The van der Waals surface area contributed by atoms with Crippen LogP contribution in [0.25, 0.3) is 0 Å². The molecule has 0 unspecified atom stereocenters. The summed E-state index contributed by atoms with van der Waals surface area (Å²) in [5.41, 5.74) is 0. The summed E-state index contributed by atoms with van der Waals surface area (Å²) in [6.07, 6.45) is 3.33. The van der Waals surface area contributed by atoms with E-state index in [-0.39, 0.29) is 11.9 Å². The number of hydrogen-bond acceptors (Lipinski definition) is 6. The van der Waals surface area contributed by atoms with Gasteiger partial charge in [0.15, 0.2) is 5.82 Å². The number of aromatic nitrogens is 2. The summed E-state index contributed by atoms with van der Waals surface area (Å²) < 4.78 is 30.1. The fraction of sp³-hybridized carbons (Fsp3) is 0.824. The number of carbonyl (C=O) groups is 1. The van der Waals surface area contributed by atoms with Gasteiger partial charge in [-0.25, -0.2) is 17.5 Å². The molecule has 0 bridgehead atoms. The van der Waals surface area contributed by atoms with Crippen molar-refractivity contribution in [3.8, 4) is 0 Å². The number of nitrogens with zero attached hydrogens (tertiary/aromatic N) is 4. The van der Waals surface area contributed by atoms with Crippen LogP contribution in [0, 0.1) is 11.8 Å². The summed E-state index contributed by atoms with van der Waals surface area (Å²) in [5, 5.41) is 7.01. The maximum atomic E-state index is 12.0. The summed E-state index contributed by atoms with van der Waals surface area (Å²) in [6, 6.07) is -0.0104. The van der Waals surface area contributed by atoms with Crippen molar-refractivity contribution >= 4 is 16.1 Å². The monoisotopic (exact) mass is 399 g/mol. The van der Waals surface area contributed by atoms with Crippen molar-refractivity contribution in [3.63, 3.8) is 0 Å². The normalized spacial score (nSPS) is 20.1. The lowest BCUT2D eigenvalue weighted by atomic mass is 9.96. The molecule has 9 nitrogen and oxygen atoms in total. The summed E-state index contributed by atoms with van der Waals surface area (Å²) in [6.45, 7) is 7.22. The van der Waals surface area contributed by atoms with Gasteiger partial charge >= 0.3 is 6.03 Å². The maximum Gasteiger partial charge on any atom is 0.317 e. The number of carbonyl (C=O) groups excluding carboxylic acids is 1. The Balaban J connectivity index is 1.43. The van der Waals surface area contributed by atoms with Crippen LogP contribution >= 0.6 is 0 Å². The van der Waals surface area contributed by atoms with Crippen LogP contribution in [0.4, 0.5) is 4.79 Å². The number of rotatable bonds is 6. The molecule has 2 saturated heterocycles. The Morgan fingerprint density at radius 1 is 1.30 bits per heavy atom. The van der Waals surface area contributed by atoms with Crippen molar-refractivity contribution < 1.29 is 17.7 Å². The number of piperidine rings is 1. The third-order valence-corrected chi connectivity index (χ3v) is 6.44. The minimum absolute atomic E-state index is 0.0104. The largest absolute Gasteiger partial charge is 0.339 e. The predicted molar refractivity (Wildman–Crippen MR) is 99.7 cm³/mol. The highest BCUT2D eigenvalue weighted by molar-refractivity contribution is 7.88. The van der Waals surface area contributed by atoms with E-state index < -0.39 is 10.0 Å². The van der Waals surface area contributed by atoms with Crippen LogP contribution in [-0.4, -0.2) is 72.8 Å². The zero-order valence-electron chi connectivity index (χ0n) is 16.2.